The quantitative estimate of drug-likeness (QED) is 0.912. The predicted octanol–water partition coefficient (Wildman–Crippen LogP) is 2.55. The van der Waals surface area contributed by atoms with Gasteiger partial charge >= 0.3 is 0 Å². The van der Waals surface area contributed by atoms with E-state index in [1.807, 2.05) is 6.07 Å². The number of carbonyl (C=O) groups excluding carboxylic acids is 2. The summed E-state index contributed by atoms with van der Waals surface area (Å²) in [4.78, 5) is 23.6. The normalized spacial score (nSPS) is 16.8. The molecule has 1 aliphatic carbocycles. The van der Waals surface area contributed by atoms with Gasteiger partial charge in [-0.1, -0.05) is 11.3 Å². The molecule has 1 aliphatic heterocycles. The van der Waals surface area contributed by atoms with Gasteiger partial charge in [0.25, 0.3) is 5.91 Å². The van der Waals surface area contributed by atoms with Crippen LogP contribution in [-0.2, 0) is 11.2 Å². The number of fused-ring (bicyclic) bond motifs is 1. The lowest BCUT2D eigenvalue weighted by molar-refractivity contribution is -0.116. The summed E-state index contributed by atoms with van der Waals surface area (Å²) in [5.74, 6) is 0.361. The predicted molar refractivity (Wildman–Crippen MR) is 83.2 cm³/mol. The summed E-state index contributed by atoms with van der Waals surface area (Å²) in [5, 5.41) is 15.3. The van der Waals surface area contributed by atoms with Gasteiger partial charge in [0.2, 0.25) is 11.0 Å². The molecule has 0 spiro atoms. The standard InChI is InChI=1S/C15H14N4O2S/c20-12-6-4-9-7-10(3-5-11(9)16-12)13(21)17-15-19-18-14(22-15)8-1-2-8/h3,5,7-8H,1-2,4,6H2,(H,16,20)(H,17,19,21). The number of carbonyl (C=O) groups is 2. The highest BCUT2D eigenvalue weighted by atomic mass is 32.1. The van der Waals surface area contributed by atoms with Crippen molar-refractivity contribution >= 4 is 34.0 Å². The summed E-state index contributed by atoms with van der Waals surface area (Å²) in [6.07, 6.45) is 3.45. The number of amides is 2. The molecule has 2 N–H and O–H groups in total. The Morgan fingerprint density at radius 3 is 2.95 bits per heavy atom. The molecule has 0 atom stereocenters. The smallest absolute Gasteiger partial charge is 0.257 e. The van der Waals surface area contributed by atoms with Gasteiger partial charge in [-0.3, -0.25) is 14.9 Å². The first-order valence-corrected chi connectivity index (χ1v) is 8.08. The number of aromatic nitrogens is 2. The molecular weight excluding hydrogens is 300 g/mol. The van der Waals surface area contributed by atoms with Gasteiger partial charge in [0.1, 0.15) is 5.01 Å². The van der Waals surface area contributed by atoms with Crippen molar-refractivity contribution in [3.63, 3.8) is 0 Å². The Morgan fingerprint density at radius 2 is 2.14 bits per heavy atom. The maximum atomic E-state index is 12.3. The van der Waals surface area contributed by atoms with Crippen LogP contribution in [0, 0.1) is 0 Å². The number of nitrogens with zero attached hydrogens (tertiary/aromatic N) is 2. The molecule has 2 aromatic rings. The van der Waals surface area contributed by atoms with E-state index in [9.17, 15) is 9.59 Å². The van der Waals surface area contributed by atoms with Crippen molar-refractivity contribution < 1.29 is 9.59 Å². The molecule has 0 saturated heterocycles. The Balaban J connectivity index is 1.50. The SMILES string of the molecule is O=C1CCc2cc(C(=O)Nc3nnc(C4CC4)s3)ccc2N1. The van der Waals surface area contributed by atoms with Crippen LogP contribution in [0.25, 0.3) is 0 Å². The second-order valence-electron chi connectivity index (χ2n) is 5.59. The molecule has 1 aromatic heterocycles. The summed E-state index contributed by atoms with van der Waals surface area (Å²) in [5.41, 5.74) is 2.35. The lowest BCUT2D eigenvalue weighted by Gasteiger charge is -2.17. The molecular formula is C15H14N4O2S. The molecule has 22 heavy (non-hydrogen) atoms. The lowest BCUT2D eigenvalue weighted by atomic mass is 10.0. The first-order valence-electron chi connectivity index (χ1n) is 7.26. The zero-order chi connectivity index (χ0) is 15.1. The van der Waals surface area contributed by atoms with E-state index in [4.69, 9.17) is 0 Å². The van der Waals surface area contributed by atoms with E-state index in [-0.39, 0.29) is 11.8 Å². The lowest BCUT2D eigenvalue weighted by Crippen LogP contribution is -2.20. The molecule has 2 aliphatic rings. The van der Waals surface area contributed by atoms with E-state index in [0.717, 1.165) is 16.3 Å². The van der Waals surface area contributed by atoms with Crippen LogP contribution in [0.3, 0.4) is 0 Å². The molecule has 1 aromatic carbocycles. The van der Waals surface area contributed by atoms with Gasteiger partial charge in [-0.05, 0) is 43.0 Å². The monoisotopic (exact) mass is 314 g/mol. The van der Waals surface area contributed by atoms with Crippen LogP contribution in [0.5, 0.6) is 0 Å². The van der Waals surface area contributed by atoms with Gasteiger partial charge in [0, 0.05) is 23.6 Å². The van der Waals surface area contributed by atoms with E-state index >= 15 is 0 Å². The number of aryl methyl sites for hydroxylation is 1. The Hall–Kier alpha value is -2.28. The first-order chi connectivity index (χ1) is 10.7. The highest BCUT2D eigenvalue weighted by Crippen LogP contribution is 2.42. The van der Waals surface area contributed by atoms with Crippen LogP contribution in [0.4, 0.5) is 10.8 Å². The maximum absolute atomic E-state index is 12.3. The number of anilines is 2. The molecule has 112 valence electrons. The second kappa shape index (κ2) is 5.17. The van der Waals surface area contributed by atoms with Crippen molar-refractivity contribution in [2.75, 3.05) is 10.6 Å². The average molecular weight is 314 g/mol. The van der Waals surface area contributed by atoms with E-state index < -0.39 is 0 Å². The minimum atomic E-state index is -0.196. The topological polar surface area (TPSA) is 84.0 Å². The average Bonchev–Trinajstić information content (AvgIpc) is 3.27. The van der Waals surface area contributed by atoms with Crippen LogP contribution in [0.15, 0.2) is 18.2 Å². The zero-order valence-corrected chi connectivity index (χ0v) is 12.6. The molecule has 0 unspecified atom stereocenters. The molecule has 4 rings (SSSR count). The summed E-state index contributed by atoms with van der Waals surface area (Å²) >= 11 is 1.44. The van der Waals surface area contributed by atoms with E-state index in [0.29, 0.717) is 29.5 Å². The number of hydrogen-bond acceptors (Lipinski definition) is 5. The molecule has 7 heteroatoms. The van der Waals surface area contributed by atoms with Crippen LogP contribution in [-0.4, -0.2) is 22.0 Å². The minimum absolute atomic E-state index is 0.0196. The zero-order valence-electron chi connectivity index (χ0n) is 11.8. The van der Waals surface area contributed by atoms with Gasteiger partial charge < -0.3 is 5.32 Å². The Bertz CT molecular complexity index is 767. The van der Waals surface area contributed by atoms with E-state index in [1.165, 1.54) is 24.2 Å². The minimum Gasteiger partial charge on any atom is -0.326 e. The summed E-state index contributed by atoms with van der Waals surface area (Å²) in [6, 6.07) is 5.31. The third-order valence-electron chi connectivity index (χ3n) is 3.85. The molecule has 1 saturated carbocycles. The molecule has 0 radical (unpaired) electrons. The Labute approximate surface area is 131 Å². The van der Waals surface area contributed by atoms with Crippen LogP contribution >= 0.6 is 11.3 Å². The van der Waals surface area contributed by atoms with Gasteiger partial charge in [0.15, 0.2) is 0 Å². The fraction of sp³-hybridized carbons (Fsp3) is 0.333. The van der Waals surface area contributed by atoms with Crippen molar-refractivity contribution in [2.45, 2.75) is 31.6 Å². The number of rotatable bonds is 3. The van der Waals surface area contributed by atoms with E-state index in [2.05, 4.69) is 20.8 Å². The third-order valence-corrected chi connectivity index (χ3v) is 4.85. The number of hydrogen-bond donors (Lipinski definition) is 2. The van der Waals surface area contributed by atoms with Crippen LogP contribution in [0.2, 0.25) is 0 Å². The third kappa shape index (κ3) is 2.59. The molecule has 0 bridgehead atoms. The van der Waals surface area contributed by atoms with Gasteiger partial charge in [-0.15, -0.1) is 10.2 Å². The number of benzene rings is 1. The summed E-state index contributed by atoms with van der Waals surface area (Å²) < 4.78 is 0. The number of nitrogens with one attached hydrogen (secondary N) is 2. The van der Waals surface area contributed by atoms with Crippen LogP contribution in [0.1, 0.15) is 46.1 Å². The molecule has 2 heterocycles. The highest BCUT2D eigenvalue weighted by molar-refractivity contribution is 7.15. The highest BCUT2D eigenvalue weighted by Gasteiger charge is 2.27. The van der Waals surface area contributed by atoms with Crippen molar-refractivity contribution in [1.29, 1.82) is 0 Å². The molecule has 2 amide bonds. The largest absolute Gasteiger partial charge is 0.326 e. The first kappa shape index (κ1) is 13.4. The maximum Gasteiger partial charge on any atom is 0.257 e. The second-order valence-corrected chi connectivity index (χ2v) is 6.60. The molecule has 6 nitrogen and oxygen atoms in total. The summed E-state index contributed by atoms with van der Waals surface area (Å²) in [7, 11) is 0. The fourth-order valence-corrected chi connectivity index (χ4v) is 3.38. The van der Waals surface area contributed by atoms with Crippen LogP contribution < -0.4 is 10.6 Å². The van der Waals surface area contributed by atoms with E-state index in [1.54, 1.807) is 12.1 Å². The van der Waals surface area contributed by atoms with Crippen molar-refractivity contribution in [2.24, 2.45) is 0 Å². The summed E-state index contributed by atoms with van der Waals surface area (Å²) in [6.45, 7) is 0. The van der Waals surface area contributed by atoms with Gasteiger partial charge in [-0.25, -0.2) is 0 Å². The van der Waals surface area contributed by atoms with Crippen molar-refractivity contribution in [3.05, 3.63) is 34.3 Å². The Morgan fingerprint density at radius 1 is 1.27 bits per heavy atom. The van der Waals surface area contributed by atoms with Gasteiger partial charge in [0.05, 0.1) is 0 Å². The van der Waals surface area contributed by atoms with Crippen molar-refractivity contribution in [1.82, 2.24) is 10.2 Å². The fourth-order valence-electron chi connectivity index (χ4n) is 2.47. The van der Waals surface area contributed by atoms with Crippen molar-refractivity contribution in [3.8, 4) is 0 Å². The molecule has 1 fully saturated rings. The van der Waals surface area contributed by atoms with Gasteiger partial charge in [-0.2, -0.15) is 0 Å². The Kier molecular flexibility index (Phi) is 3.15.